The highest BCUT2D eigenvalue weighted by Crippen LogP contribution is 2.42. The summed E-state index contributed by atoms with van der Waals surface area (Å²) < 4.78 is 0. The van der Waals surface area contributed by atoms with Crippen LogP contribution in [0.4, 0.5) is 0 Å². The van der Waals surface area contributed by atoms with Gasteiger partial charge in [0.05, 0.1) is 0 Å². The summed E-state index contributed by atoms with van der Waals surface area (Å²) in [7, 11) is 0. The molecule has 0 saturated heterocycles. The van der Waals surface area contributed by atoms with Crippen molar-refractivity contribution >= 4 is 0 Å². The molecular weight excluding hydrogens is 348 g/mol. The van der Waals surface area contributed by atoms with Gasteiger partial charge in [-0.15, -0.1) is 0 Å². The van der Waals surface area contributed by atoms with Gasteiger partial charge in [-0.05, 0) is 106 Å². The molecule has 4 aliphatic rings. The van der Waals surface area contributed by atoms with Crippen LogP contribution in [-0.4, -0.2) is 0 Å². The lowest BCUT2D eigenvalue weighted by Gasteiger charge is -2.36. The quantitative estimate of drug-likeness (QED) is 0.418. The van der Waals surface area contributed by atoms with Gasteiger partial charge in [-0.2, -0.15) is 0 Å². The molecule has 0 heteroatoms. The van der Waals surface area contributed by atoms with Gasteiger partial charge in [0.15, 0.2) is 0 Å². The third-order valence-corrected chi connectivity index (χ3v) is 8.21. The molecule has 0 spiro atoms. The van der Waals surface area contributed by atoms with Gasteiger partial charge in [-0.25, -0.2) is 0 Å². The fraction of sp³-hybridized carbons (Fsp3) is 0.655. The summed E-state index contributed by atoms with van der Waals surface area (Å²) in [5, 5.41) is 0. The highest BCUT2D eigenvalue weighted by Gasteiger charge is 2.29. The van der Waals surface area contributed by atoms with Crippen LogP contribution in [0.1, 0.15) is 91.9 Å². The molecule has 0 N–H and O–H groups in total. The lowest BCUT2D eigenvalue weighted by Crippen LogP contribution is -2.25. The molecular formula is C29H40. The van der Waals surface area contributed by atoms with E-state index < -0.39 is 0 Å². The second kappa shape index (κ2) is 9.12. The first-order chi connectivity index (χ1) is 14.0. The molecule has 0 aromatic carbocycles. The number of hydrogen-bond acceptors (Lipinski definition) is 0. The Morgan fingerprint density at radius 3 is 2.21 bits per heavy atom. The van der Waals surface area contributed by atoms with E-state index >= 15 is 0 Å². The fourth-order valence-electron chi connectivity index (χ4n) is 6.43. The molecule has 0 nitrogen and oxygen atoms in total. The third-order valence-electron chi connectivity index (χ3n) is 8.21. The van der Waals surface area contributed by atoms with Crippen LogP contribution in [-0.2, 0) is 0 Å². The van der Waals surface area contributed by atoms with Crippen molar-refractivity contribution in [3.63, 3.8) is 0 Å². The van der Waals surface area contributed by atoms with Gasteiger partial charge in [0.2, 0.25) is 0 Å². The zero-order chi connectivity index (χ0) is 20.4. The summed E-state index contributed by atoms with van der Waals surface area (Å²) in [6, 6.07) is 0. The Labute approximate surface area is 179 Å². The first-order valence-electron chi connectivity index (χ1n) is 12.4. The maximum atomic E-state index is 3.70. The van der Waals surface area contributed by atoms with Crippen molar-refractivity contribution in [2.45, 2.75) is 91.9 Å². The van der Waals surface area contributed by atoms with Crippen molar-refractivity contribution in [1.29, 1.82) is 0 Å². The van der Waals surface area contributed by atoms with Crippen LogP contribution in [0.15, 0.2) is 46.1 Å². The van der Waals surface area contributed by atoms with Gasteiger partial charge in [0.1, 0.15) is 0 Å². The van der Waals surface area contributed by atoms with Crippen molar-refractivity contribution in [3.05, 3.63) is 46.1 Å². The van der Waals surface area contributed by atoms with Crippen LogP contribution < -0.4 is 0 Å². The van der Waals surface area contributed by atoms with E-state index in [1.54, 1.807) is 5.57 Å². The van der Waals surface area contributed by atoms with Crippen LogP contribution in [0.3, 0.4) is 0 Å². The summed E-state index contributed by atoms with van der Waals surface area (Å²) in [6.07, 6.45) is 20.9. The maximum Gasteiger partial charge on any atom is 0.0206 e. The standard InChI is InChI=1S/C29H40/c1-5-23-16-21(3)29-22(4)17-25(19-28(29)18-23)9-8-24-10-14-27(15-11-24)26-12-6-20(2)7-13-26/h16-18,20,24,26-28H,5-7,10-15,19H2,1-4H3. The van der Waals surface area contributed by atoms with Crippen molar-refractivity contribution in [3.8, 4) is 11.8 Å². The maximum absolute atomic E-state index is 3.70. The minimum Gasteiger partial charge on any atom is -0.0948 e. The van der Waals surface area contributed by atoms with Gasteiger partial charge in [-0.3, -0.25) is 0 Å². The van der Waals surface area contributed by atoms with Crippen LogP contribution in [0.25, 0.3) is 0 Å². The Bertz CT molecular complexity index is 787. The molecule has 0 heterocycles. The predicted octanol–water partition coefficient (Wildman–Crippen LogP) is 8.18. The molecule has 0 aromatic heterocycles. The molecule has 0 bridgehead atoms. The Morgan fingerprint density at radius 2 is 1.55 bits per heavy atom. The van der Waals surface area contributed by atoms with E-state index in [1.807, 2.05) is 0 Å². The summed E-state index contributed by atoms with van der Waals surface area (Å²) in [4.78, 5) is 0. The Morgan fingerprint density at radius 1 is 0.897 bits per heavy atom. The van der Waals surface area contributed by atoms with Crippen LogP contribution in [0.5, 0.6) is 0 Å². The Hall–Kier alpha value is -1.48. The van der Waals surface area contributed by atoms with Crippen molar-refractivity contribution in [1.82, 2.24) is 0 Å². The summed E-state index contributed by atoms with van der Waals surface area (Å²) in [5.74, 6) is 11.5. The van der Waals surface area contributed by atoms with Crippen LogP contribution >= 0.6 is 0 Å². The normalized spacial score (nSPS) is 35.0. The smallest absolute Gasteiger partial charge is 0.0206 e. The molecule has 0 aliphatic heterocycles. The van der Waals surface area contributed by atoms with Gasteiger partial charge in [0.25, 0.3) is 0 Å². The van der Waals surface area contributed by atoms with Crippen molar-refractivity contribution < 1.29 is 0 Å². The van der Waals surface area contributed by atoms with E-state index in [0.29, 0.717) is 11.8 Å². The molecule has 0 radical (unpaired) electrons. The predicted molar refractivity (Wildman–Crippen MR) is 125 cm³/mol. The highest BCUT2D eigenvalue weighted by atomic mass is 14.3. The van der Waals surface area contributed by atoms with E-state index in [4.69, 9.17) is 0 Å². The molecule has 2 saturated carbocycles. The van der Waals surface area contributed by atoms with Gasteiger partial charge >= 0.3 is 0 Å². The van der Waals surface area contributed by atoms with E-state index in [9.17, 15) is 0 Å². The monoisotopic (exact) mass is 388 g/mol. The first kappa shape index (κ1) is 20.8. The number of rotatable bonds is 2. The minimum atomic E-state index is 0.550. The average Bonchev–Trinajstić information content (AvgIpc) is 2.72. The van der Waals surface area contributed by atoms with Gasteiger partial charge < -0.3 is 0 Å². The molecule has 1 unspecified atom stereocenters. The highest BCUT2D eigenvalue weighted by molar-refractivity contribution is 5.54. The zero-order valence-electron chi connectivity index (χ0n) is 19.2. The number of allylic oxidation sites excluding steroid dienone is 8. The molecule has 4 aliphatic carbocycles. The van der Waals surface area contributed by atoms with Crippen molar-refractivity contribution in [2.75, 3.05) is 0 Å². The molecule has 29 heavy (non-hydrogen) atoms. The van der Waals surface area contributed by atoms with E-state index in [2.05, 4.69) is 57.8 Å². The fourth-order valence-corrected chi connectivity index (χ4v) is 6.43. The molecule has 2 fully saturated rings. The van der Waals surface area contributed by atoms with E-state index in [-0.39, 0.29) is 0 Å². The lowest BCUT2D eigenvalue weighted by atomic mass is 9.69. The van der Waals surface area contributed by atoms with E-state index in [0.717, 1.165) is 30.6 Å². The SMILES string of the molecule is CCC1=CC2CC(C#CC3CCC(C4CCC(C)CC4)CC3)=CC(C)=C2C(C)=C1. The Kier molecular flexibility index (Phi) is 6.53. The number of fused-ring (bicyclic) bond motifs is 1. The molecule has 1 atom stereocenters. The lowest BCUT2D eigenvalue weighted by molar-refractivity contribution is 0.162. The Balaban J connectivity index is 1.36. The largest absolute Gasteiger partial charge is 0.0948 e. The second-order valence-electron chi connectivity index (χ2n) is 10.4. The topological polar surface area (TPSA) is 0 Å². The van der Waals surface area contributed by atoms with Gasteiger partial charge in [-0.1, -0.05) is 56.3 Å². The zero-order valence-corrected chi connectivity index (χ0v) is 19.2. The van der Waals surface area contributed by atoms with Gasteiger partial charge in [0, 0.05) is 17.4 Å². The summed E-state index contributed by atoms with van der Waals surface area (Å²) >= 11 is 0. The average molecular weight is 389 g/mol. The number of hydrogen-bond donors (Lipinski definition) is 0. The van der Waals surface area contributed by atoms with Crippen molar-refractivity contribution in [2.24, 2.45) is 29.6 Å². The van der Waals surface area contributed by atoms with Crippen LogP contribution in [0, 0.1) is 41.4 Å². The minimum absolute atomic E-state index is 0.550. The third kappa shape index (κ3) is 4.82. The molecule has 0 aromatic rings. The molecule has 4 rings (SSSR count). The first-order valence-corrected chi connectivity index (χ1v) is 12.4. The van der Waals surface area contributed by atoms with E-state index in [1.165, 1.54) is 73.7 Å². The second-order valence-corrected chi connectivity index (χ2v) is 10.4. The summed E-state index contributed by atoms with van der Waals surface area (Å²) in [5.41, 5.74) is 7.30. The molecule has 156 valence electrons. The van der Waals surface area contributed by atoms with Crippen LogP contribution in [0.2, 0.25) is 0 Å². The summed E-state index contributed by atoms with van der Waals surface area (Å²) in [6.45, 7) is 9.26. The molecule has 0 amide bonds.